The zero-order valence-electron chi connectivity index (χ0n) is 16.5. The fourth-order valence-corrected chi connectivity index (χ4v) is 4.68. The number of ketones is 1. The molecule has 3 aliphatic rings. The van der Waals surface area contributed by atoms with E-state index in [9.17, 15) is 19.6 Å². The van der Waals surface area contributed by atoms with E-state index < -0.39 is 25.4 Å². The molecule has 0 aromatic rings. The zero-order valence-corrected chi connectivity index (χ0v) is 17.4. The van der Waals surface area contributed by atoms with E-state index >= 15 is 0 Å². The second-order valence-corrected chi connectivity index (χ2v) is 9.21. The summed E-state index contributed by atoms with van der Waals surface area (Å²) < 4.78 is 24.9. The molecule has 3 rings (SSSR count). The molecule has 0 aromatic heterocycles. The van der Waals surface area contributed by atoms with Crippen LogP contribution in [0.15, 0.2) is 0 Å². The molecule has 0 unspecified atom stereocenters. The van der Waals surface area contributed by atoms with Crippen molar-refractivity contribution in [3.63, 3.8) is 0 Å². The first-order valence-corrected chi connectivity index (χ1v) is 12.0. The number of unbranched alkanes of at least 4 members (excludes halogenated alkanes) is 13. The van der Waals surface area contributed by atoms with Crippen molar-refractivity contribution in [1.82, 2.24) is 0 Å². The molecule has 0 spiro atoms. The summed E-state index contributed by atoms with van der Waals surface area (Å²) in [5.41, 5.74) is 0. The maximum Gasteiger partial charge on any atom is 0.489 e. The lowest BCUT2D eigenvalue weighted by atomic mass is 10.00. The average molecular weight is 406 g/mol. The van der Waals surface area contributed by atoms with Gasteiger partial charge in [-0.25, -0.2) is 18.1 Å². The molecule has 0 atom stereocenters. The van der Waals surface area contributed by atoms with E-state index in [1.54, 1.807) is 0 Å². The van der Waals surface area contributed by atoms with Crippen molar-refractivity contribution < 1.29 is 33.1 Å². The lowest BCUT2D eigenvalue weighted by molar-refractivity contribution is -0.407. The predicted octanol–water partition coefficient (Wildman–Crippen LogP) is 4.95. The molecule has 0 saturated carbocycles. The normalized spacial score (nSPS) is 26.5. The van der Waals surface area contributed by atoms with E-state index in [4.69, 9.17) is 0 Å². The standard InChI is InChI=1S/C19H35O7P/c1-2-3-4-5-6-7-8-9-10-11-12-13-14-15-16-18(21,22)17(20)19-24-27(23,25-19)26-19/h21-22H,2-16H2,1H3. The van der Waals surface area contributed by atoms with Crippen LogP contribution < -0.4 is 0 Å². The van der Waals surface area contributed by atoms with Crippen molar-refractivity contribution >= 4 is 13.6 Å². The molecule has 2 bridgehead atoms. The minimum absolute atomic E-state index is 0.119. The Morgan fingerprint density at radius 2 is 1.15 bits per heavy atom. The van der Waals surface area contributed by atoms with Gasteiger partial charge in [0.25, 0.3) is 5.78 Å². The van der Waals surface area contributed by atoms with E-state index in [0.29, 0.717) is 6.42 Å². The maximum atomic E-state index is 11.9. The Balaban J connectivity index is 1.38. The molecule has 0 amide bonds. The number of aliphatic hydroxyl groups is 2. The molecule has 0 aliphatic carbocycles. The third-order valence-corrected chi connectivity index (χ3v) is 6.61. The average Bonchev–Trinajstić information content (AvgIpc) is 2.57. The fourth-order valence-electron chi connectivity index (χ4n) is 3.51. The first-order chi connectivity index (χ1) is 12.8. The highest BCUT2D eigenvalue weighted by molar-refractivity contribution is 7.52. The van der Waals surface area contributed by atoms with Crippen LogP contribution >= 0.6 is 7.82 Å². The summed E-state index contributed by atoms with van der Waals surface area (Å²) in [6.07, 6.45) is 16.5. The Kier molecular flexibility index (Phi) is 8.91. The number of phosphoric acid groups is 1. The number of hydrogen-bond acceptors (Lipinski definition) is 7. The molecular weight excluding hydrogens is 371 g/mol. The third kappa shape index (κ3) is 6.62. The Morgan fingerprint density at radius 1 is 0.778 bits per heavy atom. The number of rotatable bonds is 17. The number of Topliss-reactive ketones (excluding diaryl/α,β-unsaturated/α-hetero) is 1. The van der Waals surface area contributed by atoms with E-state index in [1.165, 1.54) is 64.2 Å². The van der Waals surface area contributed by atoms with Gasteiger partial charge in [0.2, 0.25) is 5.79 Å². The molecule has 3 saturated heterocycles. The van der Waals surface area contributed by atoms with Crippen LogP contribution in [0, 0.1) is 0 Å². The van der Waals surface area contributed by atoms with Crippen LogP contribution in [0.4, 0.5) is 0 Å². The minimum atomic E-state index is -3.52. The van der Waals surface area contributed by atoms with Crippen LogP contribution in [0.25, 0.3) is 0 Å². The van der Waals surface area contributed by atoms with Crippen LogP contribution in [0.1, 0.15) is 103 Å². The van der Waals surface area contributed by atoms with Gasteiger partial charge in [-0.1, -0.05) is 90.4 Å². The number of carbonyl (C=O) groups is 1. The van der Waals surface area contributed by atoms with Gasteiger partial charge in [0.05, 0.1) is 0 Å². The van der Waals surface area contributed by atoms with Crippen LogP contribution in [0.3, 0.4) is 0 Å². The molecular formula is C19H35O7P. The highest BCUT2D eigenvalue weighted by Crippen LogP contribution is 2.80. The summed E-state index contributed by atoms with van der Waals surface area (Å²) in [6.45, 7) is 2.24. The summed E-state index contributed by atoms with van der Waals surface area (Å²) in [6, 6.07) is 0. The summed E-state index contributed by atoms with van der Waals surface area (Å²) >= 11 is 0. The largest absolute Gasteiger partial charge is 0.489 e. The fraction of sp³-hybridized carbons (Fsp3) is 0.947. The number of carbonyl (C=O) groups excluding carboxylic acids is 1. The van der Waals surface area contributed by atoms with E-state index in [-0.39, 0.29) is 6.42 Å². The molecule has 7 nitrogen and oxygen atoms in total. The Morgan fingerprint density at radius 3 is 1.52 bits per heavy atom. The molecule has 8 heteroatoms. The zero-order chi connectivity index (χ0) is 19.8. The molecule has 3 fully saturated rings. The number of phosphoric ester groups is 1. The monoisotopic (exact) mass is 406 g/mol. The van der Waals surface area contributed by atoms with Gasteiger partial charge in [0, 0.05) is 6.42 Å². The van der Waals surface area contributed by atoms with Crippen molar-refractivity contribution in [1.29, 1.82) is 0 Å². The highest BCUT2D eigenvalue weighted by atomic mass is 31.2. The van der Waals surface area contributed by atoms with Gasteiger partial charge in [-0.3, -0.25) is 4.79 Å². The van der Waals surface area contributed by atoms with Crippen LogP contribution in [-0.2, 0) is 22.9 Å². The third-order valence-electron chi connectivity index (χ3n) is 5.22. The minimum Gasteiger partial charge on any atom is -0.359 e. The molecule has 0 radical (unpaired) electrons. The molecule has 27 heavy (non-hydrogen) atoms. The van der Waals surface area contributed by atoms with Crippen molar-refractivity contribution in [2.75, 3.05) is 0 Å². The van der Waals surface area contributed by atoms with Gasteiger partial charge in [0.15, 0.2) is 0 Å². The van der Waals surface area contributed by atoms with Crippen molar-refractivity contribution in [3.05, 3.63) is 0 Å². The van der Waals surface area contributed by atoms with Crippen LogP contribution in [-0.4, -0.2) is 27.8 Å². The quantitative estimate of drug-likeness (QED) is 0.200. The van der Waals surface area contributed by atoms with E-state index in [0.717, 1.165) is 19.3 Å². The lowest BCUT2D eigenvalue weighted by Crippen LogP contribution is -2.68. The van der Waals surface area contributed by atoms with Crippen LogP contribution in [0.2, 0.25) is 0 Å². The molecule has 0 aromatic carbocycles. The summed E-state index contributed by atoms with van der Waals surface area (Å²) in [4.78, 5) is 11.9. The van der Waals surface area contributed by atoms with Crippen molar-refractivity contribution in [3.8, 4) is 0 Å². The second kappa shape index (κ2) is 10.5. The van der Waals surface area contributed by atoms with E-state index in [1.807, 2.05) is 0 Å². The second-order valence-electron chi connectivity index (χ2n) is 7.77. The maximum absolute atomic E-state index is 11.9. The lowest BCUT2D eigenvalue weighted by Gasteiger charge is -2.54. The summed E-state index contributed by atoms with van der Waals surface area (Å²) in [5, 5.41) is 19.7. The highest BCUT2D eigenvalue weighted by Gasteiger charge is 2.81. The van der Waals surface area contributed by atoms with Gasteiger partial charge in [-0.15, -0.1) is 0 Å². The van der Waals surface area contributed by atoms with E-state index in [2.05, 4.69) is 20.5 Å². The predicted molar refractivity (Wildman–Crippen MR) is 101 cm³/mol. The Hall–Kier alpha value is -0.300. The topological polar surface area (TPSA) is 102 Å². The Bertz CT molecular complexity index is 494. The molecule has 158 valence electrons. The first kappa shape index (κ1) is 23.0. The molecule has 3 heterocycles. The molecule has 2 N–H and O–H groups in total. The number of hydrogen-bond donors (Lipinski definition) is 2. The Labute approximate surface area is 162 Å². The molecule has 3 aliphatic heterocycles. The van der Waals surface area contributed by atoms with Crippen molar-refractivity contribution in [2.45, 2.75) is 115 Å². The van der Waals surface area contributed by atoms with Gasteiger partial charge < -0.3 is 10.2 Å². The van der Waals surface area contributed by atoms with Gasteiger partial charge >= 0.3 is 13.8 Å². The van der Waals surface area contributed by atoms with Crippen LogP contribution in [0.5, 0.6) is 0 Å². The van der Waals surface area contributed by atoms with Gasteiger partial charge in [-0.05, 0) is 6.42 Å². The van der Waals surface area contributed by atoms with Crippen molar-refractivity contribution in [2.24, 2.45) is 0 Å². The van der Waals surface area contributed by atoms with Gasteiger partial charge in [-0.2, -0.15) is 0 Å². The van der Waals surface area contributed by atoms with Gasteiger partial charge in [0.1, 0.15) is 0 Å². The summed E-state index contributed by atoms with van der Waals surface area (Å²) in [5.74, 6) is -5.86. The first-order valence-electron chi connectivity index (χ1n) is 10.6. The summed E-state index contributed by atoms with van der Waals surface area (Å²) in [7, 11) is -3.52. The SMILES string of the molecule is CCCCCCCCCCCCCCCCC(O)(O)C(=O)C12OP(=O)(O1)O2. The smallest absolute Gasteiger partial charge is 0.359 e.